The lowest BCUT2D eigenvalue weighted by Gasteiger charge is -2.27. The Bertz CT molecular complexity index is 254. The zero-order valence-corrected chi connectivity index (χ0v) is 10.6. The van der Waals surface area contributed by atoms with E-state index in [1.54, 1.807) is 34.6 Å². The van der Waals surface area contributed by atoms with Crippen LogP contribution in [0.3, 0.4) is 0 Å². The highest BCUT2D eigenvalue weighted by Crippen LogP contribution is 2.27. The summed E-state index contributed by atoms with van der Waals surface area (Å²) >= 11 is 1.06. The molecule has 0 aliphatic carbocycles. The van der Waals surface area contributed by atoms with E-state index < -0.39 is 16.3 Å². The molecule has 0 heterocycles. The van der Waals surface area contributed by atoms with Gasteiger partial charge >= 0.3 is 11.9 Å². The first-order chi connectivity index (χ1) is 6.54. The Morgan fingerprint density at radius 3 is 1.82 bits per heavy atom. The van der Waals surface area contributed by atoms with E-state index in [2.05, 4.69) is 0 Å². The van der Waals surface area contributed by atoms with E-state index in [-0.39, 0.29) is 26.6 Å². The Balaban J connectivity index is -0.000000980. The molecule has 1 N–H and O–H groups in total. The molecule has 0 aromatic carbocycles. The molecule has 0 fully saturated rings. The van der Waals surface area contributed by atoms with Crippen molar-refractivity contribution in [2.45, 2.75) is 59.8 Å². The maximum Gasteiger partial charge on any atom is 0.322 e. The molecule has 0 atom stereocenters. The summed E-state index contributed by atoms with van der Waals surface area (Å²) < 4.78 is 4.35. The van der Waals surface area contributed by atoms with E-state index in [0.29, 0.717) is 0 Å². The van der Waals surface area contributed by atoms with Gasteiger partial charge in [0, 0.05) is 0 Å². The lowest BCUT2D eigenvalue weighted by molar-refractivity contribution is -0.156. The van der Waals surface area contributed by atoms with Gasteiger partial charge in [-0.2, -0.15) is 0 Å². The number of thioether (sulfide) groups is 1. The van der Waals surface area contributed by atoms with Crippen LogP contribution in [0, 0.1) is 0 Å². The molecule has 17 heavy (non-hydrogen) atoms. The molecule has 0 saturated heterocycles. The molecule has 0 spiro atoms. The Morgan fingerprint density at radius 1 is 1.12 bits per heavy atom. The van der Waals surface area contributed by atoms with E-state index in [0.717, 1.165) is 11.8 Å². The first kappa shape index (κ1) is 21.6. The predicted octanol–water partition coefficient (Wildman–Crippen LogP) is 3.20. The molecule has 0 amide bonds. The highest BCUT2D eigenvalue weighted by atomic mass is 32.2. The summed E-state index contributed by atoms with van der Waals surface area (Å²) in [5.74, 6) is -1.43. The third-order valence-corrected chi connectivity index (χ3v) is 2.73. The number of hydrogen-bond acceptors (Lipinski definition) is 4. The summed E-state index contributed by atoms with van der Waals surface area (Å²) in [4.78, 5) is 22.0. The van der Waals surface area contributed by atoms with Crippen molar-refractivity contribution in [2.24, 2.45) is 0 Å². The molecule has 0 aromatic rings. The minimum atomic E-state index is -0.934. The van der Waals surface area contributed by atoms with Crippen LogP contribution in [0.1, 0.15) is 49.5 Å². The van der Waals surface area contributed by atoms with Crippen molar-refractivity contribution in [3.05, 3.63) is 0 Å². The van der Waals surface area contributed by atoms with Crippen LogP contribution in [0.2, 0.25) is 0 Å². The van der Waals surface area contributed by atoms with Crippen LogP contribution in [-0.4, -0.2) is 33.1 Å². The van der Waals surface area contributed by atoms with Gasteiger partial charge in [0.2, 0.25) is 0 Å². The number of carbonyl (C=O) groups is 2. The lowest BCUT2D eigenvalue weighted by Crippen LogP contribution is -2.37. The van der Waals surface area contributed by atoms with Crippen molar-refractivity contribution in [2.75, 3.05) is 5.75 Å². The second-order valence-corrected chi connectivity index (χ2v) is 6.29. The van der Waals surface area contributed by atoms with Crippen LogP contribution in [0.5, 0.6) is 0 Å². The maximum absolute atomic E-state index is 11.7. The zero-order valence-electron chi connectivity index (χ0n) is 9.79. The third-order valence-electron chi connectivity index (χ3n) is 1.45. The minimum absolute atomic E-state index is 0. The maximum atomic E-state index is 11.7. The van der Waals surface area contributed by atoms with Crippen molar-refractivity contribution in [1.29, 1.82) is 0 Å². The minimum Gasteiger partial charge on any atom is -0.481 e. The quantitative estimate of drug-likeness (QED) is 0.792. The molecule has 104 valence electrons. The second kappa shape index (κ2) is 7.58. The van der Waals surface area contributed by atoms with Gasteiger partial charge in [0.1, 0.15) is 10.3 Å². The van der Waals surface area contributed by atoms with Gasteiger partial charge in [-0.15, -0.1) is 11.8 Å². The molecule has 0 aromatic heterocycles. The normalized spacial score (nSPS) is 10.9. The number of esters is 1. The Labute approximate surface area is 109 Å². The Morgan fingerprint density at radius 2 is 1.53 bits per heavy atom. The van der Waals surface area contributed by atoms with Gasteiger partial charge in [0.05, 0.1) is 5.75 Å². The molecule has 0 saturated carbocycles. The Hall–Kier alpha value is -0.710. The van der Waals surface area contributed by atoms with E-state index >= 15 is 0 Å². The molecule has 0 rings (SSSR count). The second-order valence-electron chi connectivity index (χ2n) is 4.69. The molecule has 4 nitrogen and oxygen atoms in total. The van der Waals surface area contributed by atoms with Crippen LogP contribution >= 0.6 is 11.8 Å². The average Bonchev–Trinajstić information content (AvgIpc) is 1.97. The summed E-state index contributed by atoms with van der Waals surface area (Å²) in [6, 6.07) is 0. The molecule has 0 aliphatic heterocycles. The van der Waals surface area contributed by atoms with Crippen LogP contribution in [0.15, 0.2) is 0 Å². The van der Waals surface area contributed by atoms with E-state index in [1.165, 1.54) is 0 Å². The fourth-order valence-electron chi connectivity index (χ4n) is 0.702. The summed E-state index contributed by atoms with van der Waals surface area (Å²) in [6.45, 7) is 8.66. The van der Waals surface area contributed by atoms with Crippen LogP contribution in [-0.2, 0) is 14.3 Å². The van der Waals surface area contributed by atoms with Gasteiger partial charge in [0.25, 0.3) is 0 Å². The third kappa shape index (κ3) is 10.2. The molecule has 0 bridgehead atoms. The van der Waals surface area contributed by atoms with Gasteiger partial charge in [-0.3, -0.25) is 9.59 Å². The van der Waals surface area contributed by atoms with Crippen molar-refractivity contribution in [1.82, 2.24) is 0 Å². The van der Waals surface area contributed by atoms with E-state index in [1.807, 2.05) is 0 Å². The first-order valence-electron chi connectivity index (χ1n) is 4.64. The van der Waals surface area contributed by atoms with Gasteiger partial charge < -0.3 is 9.84 Å². The number of rotatable bonds is 4. The number of carboxylic acid groups (broad SMARTS) is 1. The van der Waals surface area contributed by atoms with Gasteiger partial charge in [-0.1, -0.05) is 14.9 Å². The number of carbonyl (C=O) groups excluding carboxylic acids is 1. The van der Waals surface area contributed by atoms with Crippen molar-refractivity contribution >= 4 is 23.7 Å². The summed E-state index contributed by atoms with van der Waals surface area (Å²) in [5, 5.41) is 8.52. The predicted molar refractivity (Wildman–Crippen MR) is 73.5 cm³/mol. The molecule has 0 radical (unpaired) electrons. The monoisotopic (exact) mass is 266 g/mol. The standard InChI is InChI=1S/C10H18O4S.2CH4/c1-9(2,3)14-8(13)10(4,5)15-6-7(11)12;;/h6H2,1-5H3,(H,11,12);2*1H4. The molecule has 5 heteroatoms. The summed E-state index contributed by atoms with van der Waals surface area (Å²) in [5.41, 5.74) is -0.544. The van der Waals surface area contributed by atoms with Crippen LogP contribution in [0.4, 0.5) is 0 Å². The Kier molecular flexibility index (Phi) is 9.62. The van der Waals surface area contributed by atoms with Crippen molar-refractivity contribution < 1.29 is 19.4 Å². The first-order valence-corrected chi connectivity index (χ1v) is 5.62. The van der Waals surface area contributed by atoms with E-state index in [9.17, 15) is 9.59 Å². The zero-order chi connectivity index (χ0) is 12.3. The largest absolute Gasteiger partial charge is 0.481 e. The molecule has 0 aliphatic rings. The van der Waals surface area contributed by atoms with Crippen LogP contribution < -0.4 is 0 Å². The average molecular weight is 266 g/mol. The molecular weight excluding hydrogens is 240 g/mol. The van der Waals surface area contributed by atoms with Crippen LogP contribution in [0.25, 0.3) is 0 Å². The topological polar surface area (TPSA) is 63.6 Å². The smallest absolute Gasteiger partial charge is 0.322 e. The van der Waals surface area contributed by atoms with Gasteiger partial charge in [-0.05, 0) is 34.6 Å². The molecular formula is C12H26O4S. The van der Waals surface area contributed by atoms with Crippen molar-refractivity contribution in [3.63, 3.8) is 0 Å². The van der Waals surface area contributed by atoms with Gasteiger partial charge in [0.15, 0.2) is 0 Å². The fraction of sp³-hybridized carbons (Fsp3) is 0.833. The summed E-state index contributed by atoms with van der Waals surface area (Å²) in [6.07, 6.45) is 0. The van der Waals surface area contributed by atoms with Gasteiger partial charge in [-0.25, -0.2) is 0 Å². The number of aliphatic carboxylic acids is 1. The van der Waals surface area contributed by atoms with E-state index in [4.69, 9.17) is 9.84 Å². The number of ether oxygens (including phenoxy) is 1. The number of hydrogen-bond donors (Lipinski definition) is 1. The SMILES string of the molecule is C.C.CC(C)(C)OC(=O)C(C)(C)SCC(=O)O. The van der Waals surface area contributed by atoms with Crippen molar-refractivity contribution in [3.8, 4) is 0 Å². The highest BCUT2D eigenvalue weighted by Gasteiger charge is 2.33. The number of carboxylic acids is 1. The molecule has 0 unspecified atom stereocenters. The summed E-state index contributed by atoms with van der Waals surface area (Å²) in [7, 11) is 0. The highest BCUT2D eigenvalue weighted by molar-refractivity contribution is 8.01. The lowest BCUT2D eigenvalue weighted by atomic mass is 10.1. The fourth-order valence-corrected chi connectivity index (χ4v) is 1.35.